The molecule has 0 aromatic heterocycles. The molecule has 1 heterocycles. The summed E-state index contributed by atoms with van der Waals surface area (Å²) in [5, 5.41) is 0.587. The smallest absolute Gasteiger partial charge is 0.254 e. The van der Waals surface area contributed by atoms with E-state index in [1.165, 1.54) is 0 Å². The Bertz CT molecular complexity index is 473. The first-order valence-electron chi connectivity index (χ1n) is 6.86. The maximum atomic E-state index is 12.6. The SMILES string of the molecule is COC1CCN(C(=O)c2cc(C)cc(Cl)c2)C(CN)C1. The standard InChI is InChI=1S/C15H21ClN2O2/c1-10-5-11(7-12(16)6-10)15(19)18-4-3-14(20-2)8-13(18)9-17/h5-7,13-14H,3-4,8-9,17H2,1-2H3. The van der Waals surface area contributed by atoms with Crippen LogP contribution >= 0.6 is 11.6 Å². The number of halogens is 1. The summed E-state index contributed by atoms with van der Waals surface area (Å²) in [5.74, 6) is 0.000558. The van der Waals surface area contributed by atoms with Crippen LogP contribution in [0.25, 0.3) is 0 Å². The van der Waals surface area contributed by atoms with Gasteiger partial charge in [0.1, 0.15) is 0 Å². The first-order chi connectivity index (χ1) is 9.55. The summed E-state index contributed by atoms with van der Waals surface area (Å²) in [6, 6.07) is 5.45. The number of benzene rings is 1. The van der Waals surface area contributed by atoms with Crippen LogP contribution in [0.15, 0.2) is 18.2 Å². The number of hydrogen-bond donors (Lipinski definition) is 1. The Morgan fingerprint density at radius 2 is 2.25 bits per heavy atom. The van der Waals surface area contributed by atoms with Gasteiger partial charge in [-0.05, 0) is 43.5 Å². The van der Waals surface area contributed by atoms with Gasteiger partial charge in [0.05, 0.1) is 6.10 Å². The lowest BCUT2D eigenvalue weighted by molar-refractivity contribution is 0.0139. The van der Waals surface area contributed by atoms with Gasteiger partial charge >= 0.3 is 0 Å². The Hall–Kier alpha value is -1.10. The van der Waals surface area contributed by atoms with Gasteiger partial charge in [-0.25, -0.2) is 0 Å². The van der Waals surface area contributed by atoms with E-state index in [0.717, 1.165) is 18.4 Å². The zero-order valence-electron chi connectivity index (χ0n) is 11.9. The van der Waals surface area contributed by atoms with Crippen LogP contribution in [0.5, 0.6) is 0 Å². The molecule has 4 nitrogen and oxygen atoms in total. The third kappa shape index (κ3) is 3.32. The number of likely N-dealkylation sites (tertiary alicyclic amines) is 1. The highest BCUT2D eigenvalue weighted by Crippen LogP contribution is 2.23. The molecule has 2 rings (SSSR count). The quantitative estimate of drug-likeness (QED) is 0.930. The molecule has 2 unspecified atom stereocenters. The predicted molar refractivity (Wildman–Crippen MR) is 80.1 cm³/mol. The van der Waals surface area contributed by atoms with Crippen LogP contribution in [0.2, 0.25) is 5.02 Å². The molecule has 0 bridgehead atoms. The van der Waals surface area contributed by atoms with Gasteiger partial charge in [-0.15, -0.1) is 0 Å². The number of nitrogens with two attached hydrogens (primary N) is 1. The molecule has 0 radical (unpaired) electrons. The van der Waals surface area contributed by atoms with Crippen molar-refractivity contribution in [1.82, 2.24) is 4.90 Å². The molecule has 1 saturated heterocycles. The molecular formula is C15H21ClN2O2. The highest BCUT2D eigenvalue weighted by molar-refractivity contribution is 6.31. The summed E-state index contributed by atoms with van der Waals surface area (Å²) in [6.45, 7) is 3.05. The largest absolute Gasteiger partial charge is 0.381 e. The Balaban J connectivity index is 2.19. The summed E-state index contributed by atoms with van der Waals surface area (Å²) in [5.41, 5.74) is 7.42. The second kappa shape index (κ2) is 6.57. The van der Waals surface area contributed by atoms with Crippen LogP contribution in [0, 0.1) is 6.92 Å². The second-order valence-corrected chi connectivity index (χ2v) is 5.72. The van der Waals surface area contributed by atoms with Crippen molar-refractivity contribution in [2.75, 3.05) is 20.2 Å². The van der Waals surface area contributed by atoms with Crippen molar-refractivity contribution in [3.63, 3.8) is 0 Å². The number of ether oxygens (including phenoxy) is 1. The number of hydrogen-bond acceptors (Lipinski definition) is 3. The summed E-state index contributed by atoms with van der Waals surface area (Å²) in [7, 11) is 1.70. The summed E-state index contributed by atoms with van der Waals surface area (Å²) in [4.78, 5) is 14.5. The molecule has 110 valence electrons. The number of methoxy groups -OCH3 is 1. The van der Waals surface area contributed by atoms with Gasteiger partial charge in [0.25, 0.3) is 5.91 Å². The molecular weight excluding hydrogens is 276 g/mol. The van der Waals surface area contributed by atoms with Gasteiger partial charge in [0.2, 0.25) is 0 Å². The van der Waals surface area contributed by atoms with E-state index in [4.69, 9.17) is 22.1 Å². The van der Waals surface area contributed by atoms with Crippen molar-refractivity contribution >= 4 is 17.5 Å². The third-order valence-electron chi connectivity index (χ3n) is 3.82. The first kappa shape index (κ1) is 15.3. The minimum atomic E-state index is 0.000558. The highest BCUT2D eigenvalue weighted by Gasteiger charge is 2.31. The monoisotopic (exact) mass is 296 g/mol. The summed E-state index contributed by atoms with van der Waals surface area (Å²) >= 11 is 6.03. The van der Waals surface area contributed by atoms with Gasteiger partial charge in [-0.2, -0.15) is 0 Å². The van der Waals surface area contributed by atoms with E-state index in [2.05, 4.69) is 0 Å². The van der Waals surface area contributed by atoms with Gasteiger partial charge in [-0.3, -0.25) is 4.79 Å². The molecule has 0 aliphatic carbocycles. The molecule has 1 aromatic carbocycles. The lowest BCUT2D eigenvalue weighted by atomic mass is 9.98. The van der Waals surface area contributed by atoms with E-state index >= 15 is 0 Å². The van der Waals surface area contributed by atoms with Crippen molar-refractivity contribution in [3.05, 3.63) is 34.3 Å². The lowest BCUT2D eigenvalue weighted by Gasteiger charge is -2.38. The Morgan fingerprint density at radius 3 is 2.85 bits per heavy atom. The number of aryl methyl sites for hydroxylation is 1. The van der Waals surface area contributed by atoms with Crippen molar-refractivity contribution in [3.8, 4) is 0 Å². The number of rotatable bonds is 3. The predicted octanol–water partition coefficient (Wildman–Crippen LogP) is 2.23. The number of carbonyl (C=O) groups is 1. The normalized spacial score (nSPS) is 22.9. The summed E-state index contributed by atoms with van der Waals surface area (Å²) < 4.78 is 5.38. The molecule has 2 atom stereocenters. The Kier molecular flexibility index (Phi) is 5.02. The second-order valence-electron chi connectivity index (χ2n) is 5.29. The number of nitrogens with zero attached hydrogens (tertiary/aromatic N) is 1. The van der Waals surface area contributed by atoms with Crippen molar-refractivity contribution in [1.29, 1.82) is 0 Å². The van der Waals surface area contributed by atoms with E-state index in [9.17, 15) is 4.79 Å². The molecule has 2 N–H and O–H groups in total. The fraction of sp³-hybridized carbons (Fsp3) is 0.533. The van der Waals surface area contributed by atoms with Crippen LogP contribution in [-0.2, 0) is 4.74 Å². The fourth-order valence-electron chi connectivity index (χ4n) is 2.74. The Morgan fingerprint density at radius 1 is 1.50 bits per heavy atom. The van der Waals surface area contributed by atoms with Gasteiger partial charge < -0.3 is 15.4 Å². The van der Waals surface area contributed by atoms with E-state index < -0.39 is 0 Å². The molecule has 0 spiro atoms. The van der Waals surface area contributed by atoms with Gasteiger partial charge in [0.15, 0.2) is 0 Å². The molecule has 1 aliphatic heterocycles. The molecule has 5 heteroatoms. The van der Waals surface area contributed by atoms with Gasteiger partial charge in [-0.1, -0.05) is 11.6 Å². The molecule has 0 saturated carbocycles. The minimum absolute atomic E-state index is 0.000558. The first-order valence-corrected chi connectivity index (χ1v) is 7.24. The number of amides is 1. The molecule has 1 aromatic rings. The molecule has 1 fully saturated rings. The highest BCUT2D eigenvalue weighted by atomic mass is 35.5. The maximum Gasteiger partial charge on any atom is 0.254 e. The third-order valence-corrected chi connectivity index (χ3v) is 4.04. The molecule has 1 aliphatic rings. The topological polar surface area (TPSA) is 55.6 Å². The lowest BCUT2D eigenvalue weighted by Crippen LogP contribution is -2.51. The van der Waals surface area contributed by atoms with Crippen molar-refractivity contribution in [2.45, 2.75) is 31.9 Å². The average molecular weight is 297 g/mol. The van der Waals surface area contributed by atoms with E-state index in [1.54, 1.807) is 13.2 Å². The average Bonchev–Trinajstić information content (AvgIpc) is 2.44. The van der Waals surface area contributed by atoms with E-state index in [0.29, 0.717) is 23.7 Å². The van der Waals surface area contributed by atoms with Gasteiger partial charge in [0, 0.05) is 36.8 Å². The minimum Gasteiger partial charge on any atom is -0.381 e. The zero-order chi connectivity index (χ0) is 14.7. The van der Waals surface area contributed by atoms with E-state index in [1.807, 2.05) is 24.0 Å². The van der Waals surface area contributed by atoms with Crippen LogP contribution in [0.3, 0.4) is 0 Å². The van der Waals surface area contributed by atoms with Crippen LogP contribution in [0.4, 0.5) is 0 Å². The van der Waals surface area contributed by atoms with Crippen LogP contribution < -0.4 is 5.73 Å². The number of piperidine rings is 1. The van der Waals surface area contributed by atoms with Crippen molar-refractivity contribution in [2.24, 2.45) is 5.73 Å². The fourth-order valence-corrected chi connectivity index (χ4v) is 3.03. The van der Waals surface area contributed by atoms with E-state index in [-0.39, 0.29) is 18.1 Å². The maximum absolute atomic E-state index is 12.6. The Labute approximate surface area is 124 Å². The molecule has 20 heavy (non-hydrogen) atoms. The zero-order valence-corrected chi connectivity index (χ0v) is 12.7. The van der Waals surface area contributed by atoms with Crippen molar-refractivity contribution < 1.29 is 9.53 Å². The number of carbonyl (C=O) groups excluding carboxylic acids is 1. The van der Waals surface area contributed by atoms with Crippen LogP contribution in [0.1, 0.15) is 28.8 Å². The van der Waals surface area contributed by atoms with Crippen LogP contribution in [-0.4, -0.2) is 43.2 Å². The summed E-state index contributed by atoms with van der Waals surface area (Å²) in [6.07, 6.45) is 1.82. The molecule has 1 amide bonds.